The Hall–Kier alpha value is -2.70. The van der Waals surface area contributed by atoms with E-state index in [0.29, 0.717) is 54.5 Å². The lowest BCUT2D eigenvalue weighted by atomic mass is 9.76. The molecule has 0 radical (unpaired) electrons. The summed E-state index contributed by atoms with van der Waals surface area (Å²) in [7, 11) is 1.50. The molecule has 1 saturated heterocycles. The van der Waals surface area contributed by atoms with Crippen molar-refractivity contribution in [1.29, 1.82) is 0 Å². The summed E-state index contributed by atoms with van der Waals surface area (Å²) in [5, 5.41) is 33.6. The Morgan fingerprint density at radius 1 is 1.21 bits per heavy atom. The number of amides is 2. The second kappa shape index (κ2) is 12.2. The van der Waals surface area contributed by atoms with Crippen molar-refractivity contribution in [1.82, 2.24) is 15.1 Å². The van der Waals surface area contributed by atoms with Gasteiger partial charge in [0.25, 0.3) is 0 Å². The van der Waals surface area contributed by atoms with Gasteiger partial charge in [-0.25, -0.2) is 0 Å². The molecule has 11 nitrogen and oxygen atoms in total. The van der Waals surface area contributed by atoms with Crippen LogP contribution in [0, 0.1) is 5.92 Å². The second-order valence-electron chi connectivity index (χ2n) is 10.6. The first-order valence-electron chi connectivity index (χ1n) is 13.8. The fourth-order valence-electron chi connectivity index (χ4n) is 5.99. The number of benzene rings is 1. The Kier molecular flexibility index (Phi) is 8.73. The van der Waals surface area contributed by atoms with Gasteiger partial charge in [0.1, 0.15) is 12.2 Å². The molecule has 4 N–H and O–H groups in total. The molecule has 2 aliphatic carbocycles. The van der Waals surface area contributed by atoms with Crippen LogP contribution in [-0.2, 0) is 20.9 Å². The number of hydrogen-bond donors (Lipinski definition) is 4. The van der Waals surface area contributed by atoms with Crippen LogP contribution in [0.15, 0.2) is 23.8 Å². The summed E-state index contributed by atoms with van der Waals surface area (Å²) in [6.45, 7) is 3.49. The summed E-state index contributed by atoms with van der Waals surface area (Å²) in [4.78, 5) is 31.1. The van der Waals surface area contributed by atoms with Gasteiger partial charge in [0.15, 0.2) is 11.5 Å². The van der Waals surface area contributed by atoms with E-state index in [1.807, 2.05) is 0 Å². The van der Waals surface area contributed by atoms with Crippen molar-refractivity contribution < 1.29 is 39.1 Å². The van der Waals surface area contributed by atoms with E-state index in [0.717, 1.165) is 32.4 Å². The van der Waals surface area contributed by atoms with Crippen LogP contribution in [0.4, 0.5) is 0 Å². The number of carbonyl (C=O) groups excluding carboxylic acids is 2. The molecule has 0 bridgehead atoms. The average Bonchev–Trinajstić information content (AvgIpc) is 3.32. The minimum atomic E-state index is -1.10. The maximum absolute atomic E-state index is 13.7. The van der Waals surface area contributed by atoms with Crippen molar-refractivity contribution >= 4 is 11.8 Å². The fraction of sp³-hybridized carbons (Fsp3) is 0.643. The van der Waals surface area contributed by atoms with Gasteiger partial charge in [0, 0.05) is 49.8 Å². The number of hydrogen-bond acceptors (Lipinski definition) is 9. The maximum atomic E-state index is 13.7. The molecule has 2 fully saturated rings. The van der Waals surface area contributed by atoms with E-state index in [1.165, 1.54) is 7.11 Å². The van der Waals surface area contributed by atoms with Crippen LogP contribution in [0.1, 0.15) is 36.3 Å². The summed E-state index contributed by atoms with van der Waals surface area (Å²) < 4.78 is 17.3. The van der Waals surface area contributed by atoms with Crippen LogP contribution in [0.25, 0.3) is 0 Å². The summed E-state index contributed by atoms with van der Waals surface area (Å²) in [5.74, 6) is -0.321. The van der Waals surface area contributed by atoms with Gasteiger partial charge in [-0.3, -0.25) is 14.5 Å². The number of aliphatic hydroxyl groups is 3. The quantitative estimate of drug-likeness (QED) is 0.314. The zero-order chi connectivity index (χ0) is 27.5. The Labute approximate surface area is 228 Å². The first-order valence-corrected chi connectivity index (χ1v) is 13.8. The highest BCUT2D eigenvalue weighted by Crippen LogP contribution is 2.51. The maximum Gasteiger partial charge on any atom is 0.247 e. The summed E-state index contributed by atoms with van der Waals surface area (Å²) in [6.07, 6.45) is 2.39. The normalized spacial score (nSPS) is 26.5. The molecule has 0 unspecified atom stereocenters. The van der Waals surface area contributed by atoms with E-state index in [2.05, 4.69) is 10.2 Å². The van der Waals surface area contributed by atoms with E-state index in [-0.39, 0.29) is 31.6 Å². The van der Waals surface area contributed by atoms with Gasteiger partial charge in [0.05, 0.1) is 45.5 Å². The number of nitrogens with one attached hydrogen (secondary N) is 1. The number of morpholine rings is 1. The number of carbonyl (C=O) groups is 2. The first kappa shape index (κ1) is 27.9. The SMILES string of the molecule is COc1cc(CO)cc2c1O[C@@H]1[C@@H](O)[C@H](N(CCN3CCOCC3)C(=O)C3CCC3)C=C(C(=O)NCCO)[C@H]21. The molecule has 1 aromatic rings. The standard InChI is InChI=1S/C28H39N3O8/c1-37-22-14-17(16-33)13-19-23-20(27(35)29-5-10-32)15-21(24(34)26(23)39-25(19)22)31(28(36)18-3-2-4-18)7-6-30-8-11-38-12-9-30/h13-15,18,21,23-24,26,32-34H,2-12,16H2,1H3,(H,29,35)/t21-,23+,24+,26+/m1/s1. The number of nitrogens with zero attached hydrogens (tertiary/aromatic N) is 2. The zero-order valence-electron chi connectivity index (χ0n) is 22.4. The molecule has 4 aliphatic rings. The number of rotatable bonds is 10. The predicted molar refractivity (Wildman–Crippen MR) is 140 cm³/mol. The highest BCUT2D eigenvalue weighted by molar-refractivity contribution is 5.96. The Balaban J connectivity index is 1.52. The molecule has 5 rings (SSSR count). The minimum absolute atomic E-state index is 0.0148. The topological polar surface area (TPSA) is 141 Å². The number of methoxy groups -OCH3 is 1. The van der Waals surface area contributed by atoms with Crippen LogP contribution in [0.3, 0.4) is 0 Å². The molecule has 1 aromatic carbocycles. The molecule has 39 heavy (non-hydrogen) atoms. The fourth-order valence-corrected chi connectivity index (χ4v) is 5.99. The van der Waals surface area contributed by atoms with Gasteiger partial charge in [-0.05, 0) is 36.6 Å². The minimum Gasteiger partial charge on any atom is -0.493 e. The largest absolute Gasteiger partial charge is 0.493 e. The average molecular weight is 546 g/mol. The molecule has 4 atom stereocenters. The monoisotopic (exact) mass is 545 g/mol. The Morgan fingerprint density at radius 2 is 1.97 bits per heavy atom. The van der Waals surface area contributed by atoms with E-state index in [1.54, 1.807) is 23.1 Å². The van der Waals surface area contributed by atoms with Gasteiger partial charge in [-0.2, -0.15) is 0 Å². The molecule has 11 heteroatoms. The lowest BCUT2D eigenvalue weighted by molar-refractivity contribution is -0.144. The molecule has 0 aromatic heterocycles. The van der Waals surface area contributed by atoms with Gasteiger partial charge < -0.3 is 39.7 Å². The van der Waals surface area contributed by atoms with Crippen molar-refractivity contribution in [2.45, 2.75) is 50.0 Å². The first-order chi connectivity index (χ1) is 19.0. The van der Waals surface area contributed by atoms with Gasteiger partial charge in [-0.1, -0.05) is 6.42 Å². The summed E-state index contributed by atoms with van der Waals surface area (Å²) in [6, 6.07) is 2.66. The smallest absolute Gasteiger partial charge is 0.247 e. The Bertz CT molecular complexity index is 1080. The van der Waals surface area contributed by atoms with Crippen molar-refractivity contribution in [3.05, 3.63) is 34.9 Å². The molecular formula is C28H39N3O8. The highest BCUT2D eigenvalue weighted by atomic mass is 16.5. The van der Waals surface area contributed by atoms with E-state index in [9.17, 15) is 24.9 Å². The third-order valence-corrected chi connectivity index (χ3v) is 8.35. The number of aliphatic hydroxyl groups excluding tert-OH is 3. The molecule has 214 valence electrons. The van der Waals surface area contributed by atoms with Crippen LogP contribution in [-0.4, -0.2) is 115 Å². The summed E-state index contributed by atoms with van der Waals surface area (Å²) >= 11 is 0. The van der Waals surface area contributed by atoms with E-state index in [4.69, 9.17) is 14.2 Å². The molecule has 1 saturated carbocycles. The third-order valence-electron chi connectivity index (χ3n) is 8.35. The van der Waals surface area contributed by atoms with Crippen LogP contribution in [0.2, 0.25) is 0 Å². The van der Waals surface area contributed by atoms with Crippen molar-refractivity contribution in [2.75, 3.05) is 59.7 Å². The van der Waals surface area contributed by atoms with Gasteiger partial charge >= 0.3 is 0 Å². The Morgan fingerprint density at radius 3 is 2.62 bits per heavy atom. The van der Waals surface area contributed by atoms with Crippen LogP contribution in [0.5, 0.6) is 11.5 Å². The van der Waals surface area contributed by atoms with E-state index >= 15 is 0 Å². The van der Waals surface area contributed by atoms with E-state index < -0.39 is 30.1 Å². The number of fused-ring (bicyclic) bond motifs is 3. The van der Waals surface area contributed by atoms with Gasteiger partial charge in [0.2, 0.25) is 11.8 Å². The highest BCUT2D eigenvalue weighted by Gasteiger charge is 2.52. The molecule has 2 aliphatic heterocycles. The summed E-state index contributed by atoms with van der Waals surface area (Å²) in [5.41, 5.74) is 1.59. The van der Waals surface area contributed by atoms with Gasteiger partial charge in [-0.15, -0.1) is 0 Å². The van der Waals surface area contributed by atoms with Crippen molar-refractivity contribution in [2.24, 2.45) is 5.92 Å². The van der Waals surface area contributed by atoms with Crippen molar-refractivity contribution in [3.8, 4) is 11.5 Å². The van der Waals surface area contributed by atoms with Crippen molar-refractivity contribution in [3.63, 3.8) is 0 Å². The molecule has 2 heterocycles. The predicted octanol–water partition coefficient (Wildman–Crippen LogP) is -0.229. The number of ether oxygens (including phenoxy) is 3. The zero-order valence-corrected chi connectivity index (χ0v) is 22.4. The molecule has 2 amide bonds. The molecule has 0 spiro atoms. The lowest BCUT2D eigenvalue weighted by Gasteiger charge is -2.43. The molecular weight excluding hydrogens is 506 g/mol. The van der Waals surface area contributed by atoms with Crippen LogP contribution < -0.4 is 14.8 Å². The van der Waals surface area contributed by atoms with Crippen LogP contribution >= 0.6 is 0 Å². The third kappa shape index (κ3) is 5.51. The second-order valence-corrected chi connectivity index (χ2v) is 10.6. The lowest BCUT2D eigenvalue weighted by Crippen LogP contribution is -2.58.